The Hall–Kier alpha value is -2.27. The van der Waals surface area contributed by atoms with Gasteiger partial charge in [-0.15, -0.1) is 11.8 Å². The first kappa shape index (κ1) is 23.0. The Balaban J connectivity index is 2.11. The van der Waals surface area contributed by atoms with E-state index < -0.39 is 6.04 Å². The normalized spacial score (nSPS) is 11.9. The summed E-state index contributed by atoms with van der Waals surface area (Å²) in [5.74, 6) is 0.619. The second-order valence-electron chi connectivity index (χ2n) is 7.51. The molecule has 5 heteroatoms. The van der Waals surface area contributed by atoms with Crippen LogP contribution in [0.2, 0.25) is 0 Å². The van der Waals surface area contributed by atoms with E-state index in [4.69, 9.17) is 0 Å². The van der Waals surface area contributed by atoms with E-state index in [9.17, 15) is 9.59 Å². The van der Waals surface area contributed by atoms with Gasteiger partial charge in [0.05, 0.1) is 0 Å². The fourth-order valence-corrected chi connectivity index (χ4v) is 3.97. The Morgan fingerprint density at radius 3 is 2.28 bits per heavy atom. The predicted molar refractivity (Wildman–Crippen MR) is 121 cm³/mol. The summed E-state index contributed by atoms with van der Waals surface area (Å²) in [4.78, 5) is 28.8. The number of nitrogens with one attached hydrogen (secondary N) is 1. The van der Waals surface area contributed by atoms with Crippen LogP contribution in [0.25, 0.3) is 0 Å². The van der Waals surface area contributed by atoms with Crippen LogP contribution in [0.5, 0.6) is 0 Å². The summed E-state index contributed by atoms with van der Waals surface area (Å²) in [5.41, 5.74) is 2.21. The number of nitrogens with zero attached hydrogens (tertiary/aromatic N) is 1. The number of amides is 2. The molecule has 156 valence electrons. The minimum absolute atomic E-state index is 0.0137. The van der Waals surface area contributed by atoms with Gasteiger partial charge in [-0.25, -0.2) is 0 Å². The van der Waals surface area contributed by atoms with E-state index in [1.165, 1.54) is 5.56 Å². The molecule has 1 atom stereocenters. The molecule has 0 saturated heterocycles. The largest absolute Gasteiger partial charge is 0.352 e. The third-order valence-electron chi connectivity index (χ3n) is 4.62. The molecule has 0 aliphatic carbocycles. The molecule has 0 spiro atoms. The average Bonchev–Trinajstić information content (AvgIpc) is 2.69. The number of hydrogen-bond donors (Lipinski definition) is 1. The lowest BCUT2D eigenvalue weighted by atomic mass is 10.1. The molecule has 0 aliphatic heterocycles. The van der Waals surface area contributed by atoms with Crippen molar-refractivity contribution < 1.29 is 9.59 Å². The molecule has 4 nitrogen and oxygen atoms in total. The van der Waals surface area contributed by atoms with Gasteiger partial charge in [0.25, 0.3) is 0 Å². The second kappa shape index (κ2) is 11.7. The lowest BCUT2D eigenvalue weighted by molar-refractivity contribution is -0.141. The summed E-state index contributed by atoms with van der Waals surface area (Å²) in [6, 6.07) is 17.8. The number of thioether (sulfide) groups is 1. The van der Waals surface area contributed by atoms with Gasteiger partial charge in [0, 0.05) is 29.7 Å². The second-order valence-corrected chi connectivity index (χ2v) is 8.67. The van der Waals surface area contributed by atoms with Crippen LogP contribution in [0, 0.1) is 6.92 Å². The Morgan fingerprint density at radius 1 is 1.03 bits per heavy atom. The first-order chi connectivity index (χ1) is 13.9. The molecule has 0 aliphatic rings. The molecule has 0 unspecified atom stereocenters. The molecule has 2 amide bonds. The number of carbonyl (C=O) groups excluding carboxylic acids is 2. The van der Waals surface area contributed by atoms with Gasteiger partial charge in [0.2, 0.25) is 11.8 Å². The van der Waals surface area contributed by atoms with Gasteiger partial charge >= 0.3 is 0 Å². The minimum Gasteiger partial charge on any atom is -0.352 e. The zero-order valence-corrected chi connectivity index (χ0v) is 18.7. The molecular formula is C24H32N2O2S. The van der Waals surface area contributed by atoms with Crippen molar-refractivity contribution >= 4 is 23.6 Å². The van der Waals surface area contributed by atoms with Crippen molar-refractivity contribution in [2.75, 3.05) is 5.75 Å². The van der Waals surface area contributed by atoms with Crippen molar-refractivity contribution in [3.05, 3.63) is 65.7 Å². The summed E-state index contributed by atoms with van der Waals surface area (Å²) in [5, 5.41) is 2.97. The lowest BCUT2D eigenvalue weighted by Gasteiger charge is -2.31. The first-order valence-corrected chi connectivity index (χ1v) is 11.2. The van der Waals surface area contributed by atoms with E-state index in [0.717, 1.165) is 10.5 Å². The summed E-state index contributed by atoms with van der Waals surface area (Å²) in [7, 11) is 0. The van der Waals surface area contributed by atoms with Crippen LogP contribution in [0.1, 0.15) is 44.7 Å². The monoisotopic (exact) mass is 412 g/mol. The summed E-state index contributed by atoms with van der Waals surface area (Å²) >= 11 is 1.66. The summed E-state index contributed by atoms with van der Waals surface area (Å²) in [6.45, 7) is 8.32. The molecule has 0 saturated carbocycles. The number of benzene rings is 2. The minimum atomic E-state index is -0.465. The van der Waals surface area contributed by atoms with Gasteiger partial charge in [-0.05, 0) is 44.9 Å². The van der Waals surface area contributed by atoms with Crippen LogP contribution in [-0.2, 0) is 16.1 Å². The standard InChI is InChI=1S/C24H32N2O2S/c1-5-22(24(28)25-18(2)3)26(17-20-13-11-19(4)12-14-20)23(27)15-16-29-21-9-7-6-8-10-21/h6-14,18,22H,5,15-17H2,1-4H3,(H,25,28)/t22-/m1/s1. The highest BCUT2D eigenvalue weighted by Crippen LogP contribution is 2.20. The van der Waals surface area contributed by atoms with E-state index in [0.29, 0.717) is 25.1 Å². The lowest BCUT2D eigenvalue weighted by Crippen LogP contribution is -2.50. The van der Waals surface area contributed by atoms with E-state index in [-0.39, 0.29) is 17.9 Å². The van der Waals surface area contributed by atoms with Gasteiger partial charge in [-0.1, -0.05) is 55.0 Å². The van der Waals surface area contributed by atoms with Crippen LogP contribution in [0.3, 0.4) is 0 Å². The maximum Gasteiger partial charge on any atom is 0.243 e. The molecule has 2 rings (SSSR count). The van der Waals surface area contributed by atoms with Crippen molar-refractivity contribution in [1.29, 1.82) is 0 Å². The van der Waals surface area contributed by atoms with Crippen LogP contribution >= 0.6 is 11.8 Å². The van der Waals surface area contributed by atoms with Crippen LogP contribution in [-0.4, -0.2) is 34.6 Å². The van der Waals surface area contributed by atoms with Crippen LogP contribution in [0.15, 0.2) is 59.5 Å². The molecular weight excluding hydrogens is 380 g/mol. The summed E-state index contributed by atoms with van der Waals surface area (Å²) in [6.07, 6.45) is 0.985. The summed E-state index contributed by atoms with van der Waals surface area (Å²) < 4.78 is 0. The highest BCUT2D eigenvalue weighted by molar-refractivity contribution is 7.99. The molecule has 29 heavy (non-hydrogen) atoms. The molecule has 0 heterocycles. The van der Waals surface area contributed by atoms with E-state index in [1.54, 1.807) is 16.7 Å². The number of rotatable bonds is 10. The van der Waals surface area contributed by atoms with Gasteiger partial charge in [0.15, 0.2) is 0 Å². The maximum atomic E-state index is 13.1. The topological polar surface area (TPSA) is 49.4 Å². The third kappa shape index (κ3) is 7.58. The highest BCUT2D eigenvalue weighted by Gasteiger charge is 2.28. The van der Waals surface area contributed by atoms with Crippen molar-refractivity contribution in [2.45, 2.75) is 64.1 Å². The maximum absolute atomic E-state index is 13.1. The highest BCUT2D eigenvalue weighted by atomic mass is 32.2. The Labute approximate surface area is 179 Å². The molecule has 1 N–H and O–H groups in total. The van der Waals surface area contributed by atoms with Crippen molar-refractivity contribution in [3.8, 4) is 0 Å². The zero-order chi connectivity index (χ0) is 21.2. The fourth-order valence-electron chi connectivity index (χ4n) is 3.11. The molecule has 0 aromatic heterocycles. The van der Waals surface area contributed by atoms with Crippen LogP contribution < -0.4 is 5.32 Å². The first-order valence-electron chi connectivity index (χ1n) is 10.2. The fraction of sp³-hybridized carbons (Fsp3) is 0.417. The van der Waals surface area contributed by atoms with E-state index >= 15 is 0 Å². The molecule has 0 bridgehead atoms. The molecule has 2 aromatic carbocycles. The average molecular weight is 413 g/mol. The zero-order valence-electron chi connectivity index (χ0n) is 17.9. The Morgan fingerprint density at radius 2 is 1.69 bits per heavy atom. The SMILES string of the molecule is CC[C@H](C(=O)NC(C)C)N(Cc1ccc(C)cc1)C(=O)CCSc1ccccc1. The van der Waals surface area contributed by atoms with Gasteiger partial charge < -0.3 is 10.2 Å². The third-order valence-corrected chi connectivity index (χ3v) is 5.63. The number of aryl methyl sites for hydroxylation is 1. The molecule has 0 fully saturated rings. The van der Waals surface area contributed by atoms with E-state index in [1.807, 2.05) is 82.3 Å². The molecule has 2 aromatic rings. The van der Waals surface area contributed by atoms with Crippen molar-refractivity contribution in [2.24, 2.45) is 0 Å². The van der Waals surface area contributed by atoms with Crippen molar-refractivity contribution in [3.63, 3.8) is 0 Å². The van der Waals surface area contributed by atoms with E-state index in [2.05, 4.69) is 5.32 Å². The number of carbonyl (C=O) groups is 2. The Kier molecular flexibility index (Phi) is 9.26. The van der Waals surface area contributed by atoms with Gasteiger partial charge in [-0.3, -0.25) is 9.59 Å². The number of hydrogen-bond acceptors (Lipinski definition) is 3. The quantitative estimate of drug-likeness (QED) is 0.570. The smallest absolute Gasteiger partial charge is 0.243 e. The van der Waals surface area contributed by atoms with Gasteiger partial charge in [-0.2, -0.15) is 0 Å². The Bertz CT molecular complexity index is 775. The van der Waals surface area contributed by atoms with Gasteiger partial charge in [0.1, 0.15) is 6.04 Å². The predicted octanol–water partition coefficient (Wildman–Crippen LogP) is 4.81. The van der Waals surface area contributed by atoms with Crippen molar-refractivity contribution in [1.82, 2.24) is 10.2 Å². The molecule has 0 radical (unpaired) electrons. The van der Waals surface area contributed by atoms with Crippen LogP contribution in [0.4, 0.5) is 0 Å².